The summed E-state index contributed by atoms with van der Waals surface area (Å²) < 4.78 is 8.01. The number of imidazole rings is 1. The molecule has 0 spiro atoms. The van der Waals surface area contributed by atoms with E-state index in [1.165, 1.54) is 24.2 Å². The third-order valence-electron chi connectivity index (χ3n) is 7.03. The molecule has 1 aromatic carbocycles. The van der Waals surface area contributed by atoms with Crippen molar-refractivity contribution in [1.82, 2.24) is 24.3 Å². The standard InChI is InChI=1S/C26H32N6O4/c33-24(19-7-3-1-4-8-19)29-25-28-21-18-27-23(36-16-15-30-11-5-2-6-12-30)17-22(21)32(25)20-9-13-31(14-10-20)26(34)35/h1,3-4,7-8,17-18,20H,2,5-6,9-16H2,(H,34,35)(H,28,29,33). The van der Waals surface area contributed by atoms with Crippen LogP contribution in [0.5, 0.6) is 5.88 Å². The monoisotopic (exact) mass is 492 g/mol. The zero-order valence-corrected chi connectivity index (χ0v) is 20.3. The highest BCUT2D eigenvalue weighted by atomic mass is 16.5. The first-order chi connectivity index (χ1) is 17.6. The molecule has 0 bridgehead atoms. The number of hydrogen-bond donors (Lipinski definition) is 2. The minimum atomic E-state index is -0.907. The number of nitrogens with one attached hydrogen (secondary N) is 1. The number of ether oxygens (including phenoxy) is 1. The highest BCUT2D eigenvalue weighted by Crippen LogP contribution is 2.26. The number of nitrogens with zero attached hydrogens (tertiary/aromatic N) is 5. The summed E-state index contributed by atoms with van der Waals surface area (Å²) >= 11 is 0. The first-order valence-electron chi connectivity index (χ1n) is 12.7. The van der Waals surface area contributed by atoms with Crippen LogP contribution < -0.4 is 10.4 Å². The Hall–Kier alpha value is -3.66. The number of piperidine rings is 2. The number of carboxylic acid groups (broad SMARTS) is 1. The molecule has 2 N–H and O–H groups in total. The second-order valence-corrected chi connectivity index (χ2v) is 9.39. The van der Waals surface area contributed by atoms with Crippen LogP contribution in [0.25, 0.3) is 11.0 Å². The van der Waals surface area contributed by atoms with Gasteiger partial charge in [-0.2, -0.15) is 4.99 Å². The van der Waals surface area contributed by atoms with Gasteiger partial charge in [0.25, 0.3) is 5.91 Å². The normalized spacial score (nSPS) is 18.0. The van der Waals surface area contributed by atoms with Crippen LogP contribution in [0.4, 0.5) is 4.79 Å². The van der Waals surface area contributed by atoms with Gasteiger partial charge in [0.1, 0.15) is 6.61 Å². The fourth-order valence-electron chi connectivity index (χ4n) is 5.07. The first-order valence-corrected chi connectivity index (χ1v) is 12.7. The third kappa shape index (κ3) is 5.43. The highest BCUT2D eigenvalue weighted by Gasteiger charge is 2.26. The molecule has 2 aliphatic heterocycles. The molecule has 2 aliphatic rings. The molecule has 0 unspecified atom stereocenters. The Labute approximate surface area is 209 Å². The molecule has 0 aliphatic carbocycles. The molecule has 2 fully saturated rings. The van der Waals surface area contributed by atoms with Crippen LogP contribution in [0, 0.1) is 0 Å². The molecule has 10 nitrogen and oxygen atoms in total. The summed E-state index contributed by atoms with van der Waals surface area (Å²) in [6, 6.07) is 10.8. The maximum absolute atomic E-state index is 12.9. The largest absolute Gasteiger partial charge is 0.476 e. The Morgan fingerprint density at radius 2 is 1.83 bits per heavy atom. The molecule has 4 heterocycles. The predicted molar refractivity (Wildman–Crippen MR) is 134 cm³/mol. The topological polar surface area (TPSA) is 116 Å². The van der Waals surface area contributed by atoms with Crippen LogP contribution >= 0.6 is 0 Å². The quantitative estimate of drug-likeness (QED) is 0.546. The molecule has 0 saturated carbocycles. The van der Waals surface area contributed by atoms with Gasteiger partial charge in [0.15, 0.2) is 0 Å². The number of pyridine rings is 1. The van der Waals surface area contributed by atoms with Crippen molar-refractivity contribution in [2.24, 2.45) is 4.99 Å². The highest BCUT2D eigenvalue weighted by molar-refractivity contribution is 5.94. The van der Waals surface area contributed by atoms with Gasteiger partial charge in [0, 0.05) is 37.3 Å². The SMILES string of the molecule is O=C(/N=c1\[nH]c2cnc(OCCN3CCCCC3)cc2n1C1CCN(C(=O)O)CC1)c1ccccc1. The van der Waals surface area contributed by atoms with Gasteiger partial charge in [-0.1, -0.05) is 24.6 Å². The molecular weight excluding hydrogens is 460 g/mol. The number of hydrogen-bond acceptors (Lipinski definition) is 5. The summed E-state index contributed by atoms with van der Waals surface area (Å²) in [4.78, 5) is 40.3. The van der Waals surface area contributed by atoms with E-state index in [9.17, 15) is 14.7 Å². The van der Waals surface area contributed by atoms with Crippen molar-refractivity contribution in [3.63, 3.8) is 0 Å². The lowest BCUT2D eigenvalue weighted by Gasteiger charge is -2.31. The summed E-state index contributed by atoms with van der Waals surface area (Å²) in [5, 5.41) is 9.36. The molecular formula is C26H32N6O4. The van der Waals surface area contributed by atoms with E-state index in [-0.39, 0.29) is 11.9 Å². The number of amides is 2. The zero-order valence-electron chi connectivity index (χ0n) is 20.3. The lowest BCUT2D eigenvalue weighted by Crippen LogP contribution is -2.40. The van der Waals surface area contributed by atoms with E-state index in [0.29, 0.717) is 49.6 Å². The van der Waals surface area contributed by atoms with E-state index < -0.39 is 6.09 Å². The molecule has 2 aromatic heterocycles. The number of benzene rings is 1. The Morgan fingerprint density at radius 1 is 1.08 bits per heavy atom. The Balaban J connectivity index is 1.44. The van der Waals surface area contributed by atoms with Crippen LogP contribution in [-0.4, -0.2) is 80.8 Å². The van der Waals surface area contributed by atoms with Gasteiger partial charge < -0.3 is 24.3 Å². The molecule has 36 heavy (non-hydrogen) atoms. The van der Waals surface area contributed by atoms with E-state index >= 15 is 0 Å². The lowest BCUT2D eigenvalue weighted by atomic mass is 10.1. The van der Waals surface area contributed by atoms with Crippen molar-refractivity contribution < 1.29 is 19.4 Å². The van der Waals surface area contributed by atoms with Crippen LogP contribution in [0.3, 0.4) is 0 Å². The van der Waals surface area contributed by atoms with E-state index in [1.54, 1.807) is 30.5 Å². The summed E-state index contributed by atoms with van der Waals surface area (Å²) in [7, 11) is 0. The van der Waals surface area contributed by atoms with Gasteiger partial charge in [0.2, 0.25) is 11.5 Å². The van der Waals surface area contributed by atoms with Gasteiger partial charge in [-0.15, -0.1) is 0 Å². The minimum Gasteiger partial charge on any atom is -0.476 e. The van der Waals surface area contributed by atoms with Gasteiger partial charge in [-0.3, -0.25) is 9.69 Å². The van der Waals surface area contributed by atoms with Gasteiger partial charge in [-0.05, 0) is 50.9 Å². The average molecular weight is 493 g/mol. The van der Waals surface area contributed by atoms with E-state index in [4.69, 9.17) is 4.74 Å². The second-order valence-electron chi connectivity index (χ2n) is 9.39. The Bertz CT molecular complexity index is 1270. The minimum absolute atomic E-state index is 0.0136. The summed E-state index contributed by atoms with van der Waals surface area (Å²) in [5.41, 5.74) is 2.52. The predicted octanol–water partition coefficient (Wildman–Crippen LogP) is 3.29. The molecule has 0 atom stereocenters. The average Bonchev–Trinajstić information content (AvgIpc) is 3.27. The Kier molecular flexibility index (Phi) is 7.31. The molecule has 0 radical (unpaired) electrons. The maximum Gasteiger partial charge on any atom is 0.407 e. The number of fused-ring (bicyclic) bond motifs is 1. The summed E-state index contributed by atoms with van der Waals surface area (Å²) in [5.74, 6) is 0.181. The number of likely N-dealkylation sites (tertiary alicyclic amines) is 2. The molecule has 190 valence electrons. The number of carbonyl (C=O) groups is 2. The summed E-state index contributed by atoms with van der Waals surface area (Å²) in [6.07, 6.45) is 5.83. The van der Waals surface area contributed by atoms with E-state index in [0.717, 1.165) is 30.7 Å². The molecule has 2 saturated heterocycles. The third-order valence-corrected chi connectivity index (χ3v) is 7.03. The lowest BCUT2D eigenvalue weighted by molar-refractivity contribution is 0.0996. The van der Waals surface area contributed by atoms with Crippen molar-refractivity contribution >= 4 is 23.0 Å². The maximum atomic E-state index is 12.9. The van der Waals surface area contributed by atoms with Crippen LogP contribution in [0.2, 0.25) is 0 Å². The fourth-order valence-corrected chi connectivity index (χ4v) is 5.07. The van der Waals surface area contributed by atoms with Crippen molar-refractivity contribution in [1.29, 1.82) is 0 Å². The van der Waals surface area contributed by atoms with Crippen LogP contribution in [0.15, 0.2) is 47.6 Å². The van der Waals surface area contributed by atoms with Crippen LogP contribution in [0.1, 0.15) is 48.5 Å². The van der Waals surface area contributed by atoms with Crippen LogP contribution in [-0.2, 0) is 0 Å². The van der Waals surface area contributed by atoms with Crippen molar-refractivity contribution in [3.8, 4) is 5.88 Å². The second kappa shape index (κ2) is 10.9. The molecule has 5 rings (SSSR count). The molecule has 2 amide bonds. The Morgan fingerprint density at radius 3 is 2.56 bits per heavy atom. The zero-order chi connectivity index (χ0) is 24.9. The van der Waals surface area contributed by atoms with Gasteiger partial charge in [-0.25, -0.2) is 9.78 Å². The van der Waals surface area contributed by atoms with E-state index in [1.807, 2.05) is 16.7 Å². The van der Waals surface area contributed by atoms with Gasteiger partial charge >= 0.3 is 6.09 Å². The number of carbonyl (C=O) groups excluding carboxylic acids is 1. The number of aromatic amines is 1. The number of rotatable bonds is 6. The number of H-pyrrole nitrogens is 1. The van der Waals surface area contributed by atoms with Crippen molar-refractivity contribution in [2.45, 2.75) is 38.1 Å². The van der Waals surface area contributed by atoms with Crippen molar-refractivity contribution in [3.05, 3.63) is 53.8 Å². The summed E-state index contributed by atoms with van der Waals surface area (Å²) in [6.45, 7) is 4.51. The van der Waals surface area contributed by atoms with Gasteiger partial charge in [0.05, 0.1) is 17.2 Å². The number of aromatic nitrogens is 3. The van der Waals surface area contributed by atoms with Crippen molar-refractivity contribution in [2.75, 3.05) is 39.3 Å². The molecule has 3 aromatic rings. The fraction of sp³-hybridized carbons (Fsp3) is 0.462. The molecule has 10 heteroatoms. The first kappa shape index (κ1) is 24.1. The smallest absolute Gasteiger partial charge is 0.407 e. The van der Waals surface area contributed by atoms with E-state index in [2.05, 4.69) is 19.9 Å².